The third kappa shape index (κ3) is 4.32. The second-order valence-corrected chi connectivity index (χ2v) is 7.18. The van der Waals surface area contributed by atoms with Crippen LogP contribution in [0.1, 0.15) is 20.3 Å². The van der Waals surface area contributed by atoms with Crippen LogP contribution in [0.2, 0.25) is 0 Å². The molecule has 7 nitrogen and oxygen atoms in total. The fourth-order valence-electron chi connectivity index (χ4n) is 2.37. The number of hydrogen-bond donors (Lipinski definition) is 1. The Morgan fingerprint density at radius 2 is 2.19 bits per heavy atom. The molecule has 0 amide bonds. The molecule has 0 aromatic carbocycles. The first-order valence-corrected chi connectivity index (χ1v) is 8.27. The molecule has 1 fully saturated rings. The maximum atomic E-state index is 13.2. The van der Waals surface area contributed by atoms with Crippen LogP contribution in [0, 0.1) is 5.95 Å². The number of primary sulfonamides is 1. The van der Waals surface area contributed by atoms with Gasteiger partial charge in [0.2, 0.25) is 21.9 Å². The maximum Gasteiger partial charge on any atom is 0.228 e. The van der Waals surface area contributed by atoms with Crippen molar-refractivity contribution in [3.63, 3.8) is 0 Å². The quantitative estimate of drug-likeness (QED) is 0.801. The lowest BCUT2D eigenvalue weighted by Gasteiger charge is -2.37. The van der Waals surface area contributed by atoms with Crippen LogP contribution in [0.15, 0.2) is 12.3 Å². The monoisotopic (exact) mass is 318 g/mol. The smallest absolute Gasteiger partial charge is 0.228 e. The van der Waals surface area contributed by atoms with Crippen molar-refractivity contribution in [1.29, 1.82) is 0 Å². The molecular weight excluding hydrogens is 299 g/mol. The van der Waals surface area contributed by atoms with Crippen molar-refractivity contribution in [3.05, 3.63) is 18.2 Å². The van der Waals surface area contributed by atoms with E-state index in [9.17, 15) is 12.8 Å². The number of nitrogens with zero attached hydrogens (tertiary/aromatic N) is 3. The van der Waals surface area contributed by atoms with Crippen molar-refractivity contribution in [2.45, 2.75) is 37.7 Å². The van der Waals surface area contributed by atoms with Gasteiger partial charge in [0.15, 0.2) is 0 Å². The fourth-order valence-corrected chi connectivity index (χ4v) is 3.24. The van der Waals surface area contributed by atoms with Crippen molar-refractivity contribution in [1.82, 2.24) is 9.97 Å². The molecule has 0 saturated carbocycles. The molecule has 0 aliphatic carbocycles. The van der Waals surface area contributed by atoms with E-state index in [1.165, 1.54) is 6.20 Å². The predicted octanol–water partition coefficient (Wildman–Crippen LogP) is 0.276. The topological polar surface area (TPSA) is 98.4 Å². The third-order valence-electron chi connectivity index (χ3n) is 3.19. The van der Waals surface area contributed by atoms with Crippen molar-refractivity contribution >= 4 is 16.0 Å². The molecular formula is C12H19FN4O3S. The highest BCUT2D eigenvalue weighted by Gasteiger charge is 2.35. The van der Waals surface area contributed by atoms with Gasteiger partial charge in [0.05, 0.1) is 17.5 Å². The molecule has 2 rings (SSSR count). The highest BCUT2D eigenvalue weighted by atomic mass is 32.2. The molecule has 0 bridgehead atoms. The lowest BCUT2D eigenvalue weighted by molar-refractivity contribution is 0.00142. The lowest BCUT2D eigenvalue weighted by atomic mass is 10.1. The number of rotatable bonds is 4. The summed E-state index contributed by atoms with van der Waals surface area (Å²) < 4.78 is 42.2. The number of nitrogens with two attached hydrogens (primary N) is 1. The normalized spacial score (nSPS) is 23.6. The number of hydrogen-bond acceptors (Lipinski definition) is 6. The Bertz CT molecular complexity index is 596. The minimum Gasteiger partial charge on any atom is -0.374 e. The maximum absolute atomic E-state index is 13.2. The summed E-state index contributed by atoms with van der Waals surface area (Å²) in [5, 5.41) is 4.46. The van der Waals surface area contributed by atoms with Gasteiger partial charge in [0.25, 0.3) is 0 Å². The van der Waals surface area contributed by atoms with Crippen LogP contribution in [-0.4, -0.2) is 48.9 Å². The Labute approximate surface area is 123 Å². The molecule has 21 heavy (non-hydrogen) atoms. The van der Waals surface area contributed by atoms with Crippen LogP contribution in [0.25, 0.3) is 0 Å². The molecule has 2 N–H and O–H groups in total. The minimum atomic E-state index is -3.72. The van der Waals surface area contributed by atoms with Crippen molar-refractivity contribution in [2.75, 3.05) is 18.0 Å². The standard InChI is InChI=1S/C12H19FN4O3S/c1-8(2)20-9-5-10(21(14,18)19)7-17(6-9)12-15-4-3-11(13)16-12/h3-4,8-10H,5-7H2,1-2H3,(H2,14,18,19)/t9-,10+/m0/s1. The molecule has 0 radical (unpaired) electrons. The van der Waals surface area contributed by atoms with E-state index in [1.54, 1.807) is 4.90 Å². The molecule has 1 aliphatic heterocycles. The number of anilines is 1. The average Bonchev–Trinajstić information content (AvgIpc) is 2.36. The number of ether oxygens (including phenoxy) is 1. The van der Waals surface area contributed by atoms with E-state index in [-0.39, 0.29) is 24.7 Å². The van der Waals surface area contributed by atoms with Gasteiger partial charge in [-0.2, -0.15) is 9.37 Å². The van der Waals surface area contributed by atoms with E-state index < -0.39 is 21.2 Å². The molecule has 2 heterocycles. The summed E-state index contributed by atoms with van der Waals surface area (Å²) in [6.45, 7) is 4.25. The van der Waals surface area contributed by atoms with Crippen LogP contribution < -0.4 is 10.0 Å². The molecule has 2 atom stereocenters. The van der Waals surface area contributed by atoms with E-state index in [2.05, 4.69) is 9.97 Å². The molecule has 9 heteroatoms. The lowest BCUT2D eigenvalue weighted by Crippen LogP contribution is -2.52. The van der Waals surface area contributed by atoms with Crippen molar-refractivity contribution < 1.29 is 17.5 Å². The molecule has 118 valence electrons. The van der Waals surface area contributed by atoms with Crippen molar-refractivity contribution in [3.8, 4) is 0 Å². The van der Waals surface area contributed by atoms with E-state index in [4.69, 9.17) is 9.88 Å². The van der Waals surface area contributed by atoms with Gasteiger partial charge in [0.1, 0.15) is 0 Å². The Kier molecular flexibility index (Phi) is 4.74. The van der Waals surface area contributed by atoms with E-state index in [1.807, 2.05) is 13.8 Å². The summed E-state index contributed by atoms with van der Waals surface area (Å²) in [4.78, 5) is 9.25. The van der Waals surface area contributed by atoms with Crippen LogP contribution in [0.3, 0.4) is 0 Å². The van der Waals surface area contributed by atoms with Crippen LogP contribution >= 0.6 is 0 Å². The highest BCUT2D eigenvalue weighted by molar-refractivity contribution is 7.89. The van der Waals surface area contributed by atoms with Crippen LogP contribution in [0.4, 0.5) is 10.3 Å². The molecule has 0 unspecified atom stereocenters. The van der Waals surface area contributed by atoms with Gasteiger partial charge >= 0.3 is 0 Å². The Hall–Kier alpha value is -1.32. The second-order valence-electron chi connectivity index (χ2n) is 5.34. The van der Waals surface area contributed by atoms with Gasteiger partial charge < -0.3 is 9.64 Å². The summed E-state index contributed by atoms with van der Waals surface area (Å²) in [5.41, 5.74) is 0. The first-order valence-electron chi connectivity index (χ1n) is 6.66. The first-order chi connectivity index (χ1) is 9.75. The fraction of sp³-hybridized carbons (Fsp3) is 0.667. The SMILES string of the molecule is CC(C)O[C@H]1C[C@@H](S(N)(=O)=O)CN(c2nccc(F)n2)C1. The molecule has 1 aromatic rings. The summed E-state index contributed by atoms with van der Waals surface area (Å²) >= 11 is 0. The number of sulfonamides is 1. The van der Waals surface area contributed by atoms with Crippen LogP contribution in [0.5, 0.6) is 0 Å². The van der Waals surface area contributed by atoms with Gasteiger partial charge in [-0.25, -0.2) is 18.5 Å². The number of aromatic nitrogens is 2. The predicted molar refractivity (Wildman–Crippen MR) is 75.7 cm³/mol. The zero-order chi connectivity index (χ0) is 15.6. The average molecular weight is 318 g/mol. The summed E-state index contributed by atoms with van der Waals surface area (Å²) in [6.07, 6.45) is 1.22. The van der Waals surface area contributed by atoms with E-state index in [0.717, 1.165) is 6.07 Å². The zero-order valence-corrected chi connectivity index (χ0v) is 12.8. The first kappa shape index (κ1) is 16.1. The largest absolute Gasteiger partial charge is 0.374 e. The molecule has 1 aliphatic rings. The summed E-state index contributed by atoms with van der Waals surface area (Å²) in [6, 6.07) is 1.13. The number of piperidine rings is 1. The molecule has 0 spiro atoms. The second kappa shape index (κ2) is 6.20. The van der Waals surface area contributed by atoms with Gasteiger partial charge in [-0.1, -0.05) is 0 Å². The summed E-state index contributed by atoms with van der Waals surface area (Å²) in [7, 11) is -3.72. The Morgan fingerprint density at radius 1 is 1.48 bits per heavy atom. The van der Waals surface area contributed by atoms with E-state index in [0.29, 0.717) is 13.0 Å². The highest BCUT2D eigenvalue weighted by Crippen LogP contribution is 2.22. The third-order valence-corrected chi connectivity index (χ3v) is 4.47. The van der Waals surface area contributed by atoms with Crippen LogP contribution in [-0.2, 0) is 14.8 Å². The van der Waals surface area contributed by atoms with Gasteiger partial charge in [-0.15, -0.1) is 0 Å². The number of halogens is 1. The Morgan fingerprint density at radius 3 is 2.76 bits per heavy atom. The Balaban J connectivity index is 2.24. The van der Waals surface area contributed by atoms with Crippen molar-refractivity contribution in [2.24, 2.45) is 5.14 Å². The minimum absolute atomic E-state index is 0.0514. The molecule has 1 saturated heterocycles. The zero-order valence-electron chi connectivity index (χ0n) is 11.9. The molecule has 1 aromatic heterocycles. The van der Waals surface area contributed by atoms with E-state index >= 15 is 0 Å². The van der Waals surface area contributed by atoms with Gasteiger partial charge in [-0.3, -0.25) is 0 Å². The summed E-state index contributed by atoms with van der Waals surface area (Å²) in [5.74, 6) is -0.528. The van der Waals surface area contributed by atoms with Gasteiger partial charge in [-0.05, 0) is 20.3 Å². The van der Waals surface area contributed by atoms with Gasteiger partial charge in [0, 0.05) is 25.4 Å².